The van der Waals surface area contributed by atoms with Gasteiger partial charge in [0.25, 0.3) is 5.91 Å². The van der Waals surface area contributed by atoms with Gasteiger partial charge in [-0.3, -0.25) is 9.59 Å². The number of nitrogens with one attached hydrogen (secondary N) is 1. The summed E-state index contributed by atoms with van der Waals surface area (Å²) in [6.45, 7) is 5.42. The van der Waals surface area contributed by atoms with Crippen LogP contribution >= 0.6 is 0 Å². The predicted molar refractivity (Wildman–Crippen MR) is 90.0 cm³/mol. The molecule has 1 aromatic carbocycles. The molecule has 0 bridgehead atoms. The van der Waals surface area contributed by atoms with Gasteiger partial charge >= 0.3 is 0 Å². The van der Waals surface area contributed by atoms with Crippen molar-refractivity contribution in [3.8, 4) is 5.75 Å². The molecule has 0 aromatic heterocycles. The number of carbonyl (C=O) groups is 2. The van der Waals surface area contributed by atoms with E-state index in [1.165, 1.54) is 12.1 Å². The minimum atomic E-state index is -0.364. The van der Waals surface area contributed by atoms with E-state index < -0.39 is 0 Å². The van der Waals surface area contributed by atoms with Gasteiger partial charge in [0.15, 0.2) is 0 Å². The molecule has 0 saturated carbocycles. The number of rotatable bonds is 3. The molecule has 0 unspecified atom stereocenters. The number of carbonyl (C=O) groups excluding carboxylic acids is 2. The molecule has 3 rings (SSSR count). The van der Waals surface area contributed by atoms with E-state index >= 15 is 0 Å². The normalized spacial score (nSPS) is 19.2. The van der Waals surface area contributed by atoms with E-state index in [0.717, 1.165) is 38.4 Å². The smallest absolute Gasteiger partial charge is 0.257 e. The zero-order valence-corrected chi connectivity index (χ0v) is 13.6. The second-order valence-electron chi connectivity index (χ2n) is 6.35. The molecule has 0 atom stereocenters. The van der Waals surface area contributed by atoms with Crippen molar-refractivity contribution in [3.05, 3.63) is 36.4 Å². The highest BCUT2D eigenvalue weighted by molar-refractivity contribution is 6.02. The highest BCUT2D eigenvalue weighted by Gasteiger charge is 2.39. The SMILES string of the molecule is C=CC(=O)Nc1ccc(O)c(C(=O)N2CCC3(CCCO3)CC2)c1. The average molecular weight is 330 g/mol. The monoisotopic (exact) mass is 330 g/mol. The first-order valence-electron chi connectivity index (χ1n) is 8.23. The quantitative estimate of drug-likeness (QED) is 0.658. The van der Waals surface area contributed by atoms with Crippen LogP contribution in [0.15, 0.2) is 30.9 Å². The van der Waals surface area contributed by atoms with Gasteiger partial charge in [0, 0.05) is 25.4 Å². The Morgan fingerprint density at radius 1 is 1.29 bits per heavy atom. The zero-order valence-electron chi connectivity index (χ0n) is 13.6. The van der Waals surface area contributed by atoms with Crippen LogP contribution in [0, 0.1) is 0 Å². The molecule has 2 aliphatic rings. The molecule has 128 valence electrons. The standard InChI is InChI=1S/C18H22N2O4/c1-2-16(22)19-13-4-5-15(21)14(12-13)17(23)20-9-7-18(8-10-20)6-3-11-24-18/h2,4-5,12,21H,1,3,6-11H2,(H,19,22). The van der Waals surface area contributed by atoms with Crippen LogP contribution in [0.1, 0.15) is 36.0 Å². The first kappa shape index (κ1) is 16.5. The van der Waals surface area contributed by atoms with Crippen molar-refractivity contribution in [2.75, 3.05) is 25.0 Å². The van der Waals surface area contributed by atoms with Crippen molar-refractivity contribution in [2.45, 2.75) is 31.3 Å². The van der Waals surface area contributed by atoms with Crippen LogP contribution in [-0.2, 0) is 9.53 Å². The summed E-state index contributed by atoms with van der Waals surface area (Å²) in [7, 11) is 0. The molecule has 2 heterocycles. The number of phenols is 1. The number of amides is 2. The summed E-state index contributed by atoms with van der Waals surface area (Å²) in [5.41, 5.74) is 0.590. The van der Waals surface area contributed by atoms with Gasteiger partial charge in [-0.2, -0.15) is 0 Å². The molecular formula is C18H22N2O4. The molecule has 0 aliphatic carbocycles. The summed E-state index contributed by atoms with van der Waals surface area (Å²) in [4.78, 5) is 25.9. The number of piperidine rings is 1. The number of likely N-dealkylation sites (tertiary alicyclic amines) is 1. The van der Waals surface area contributed by atoms with Gasteiger partial charge in [-0.1, -0.05) is 6.58 Å². The van der Waals surface area contributed by atoms with Gasteiger partial charge in [-0.05, 0) is 50.0 Å². The fourth-order valence-electron chi connectivity index (χ4n) is 3.42. The number of hydrogen-bond donors (Lipinski definition) is 2. The van der Waals surface area contributed by atoms with Crippen molar-refractivity contribution in [3.63, 3.8) is 0 Å². The van der Waals surface area contributed by atoms with E-state index in [9.17, 15) is 14.7 Å². The van der Waals surface area contributed by atoms with Crippen molar-refractivity contribution in [1.82, 2.24) is 4.90 Å². The van der Waals surface area contributed by atoms with E-state index in [1.54, 1.807) is 11.0 Å². The van der Waals surface area contributed by atoms with Gasteiger partial charge < -0.3 is 20.1 Å². The summed E-state index contributed by atoms with van der Waals surface area (Å²) in [6, 6.07) is 4.46. The Bertz CT molecular complexity index is 655. The van der Waals surface area contributed by atoms with Gasteiger partial charge in [0.2, 0.25) is 5.91 Å². The number of phenolic OH excluding ortho intramolecular Hbond substituents is 1. The van der Waals surface area contributed by atoms with E-state index in [1.807, 2.05) is 0 Å². The highest BCUT2D eigenvalue weighted by Crippen LogP contribution is 2.36. The Morgan fingerprint density at radius 3 is 2.67 bits per heavy atom. The molecule has 6 nitrogen and oxygen atoms in total. The molecule has 0 radical (unpaired) electrons. The van der Waals surface area contributed by atoms with Crippen LogP contribution in [0.4, 0.5) is 5.69 Å². The van der Waals surface area contributed by atoms with E-state index in [2.05, 4.69) is 11.9 Å². The van der Waals surface area contributed by atoms with Crippen molar-refractivity contribution in [2.24, 2.45) is 0 Å². The molecule has 1 spiro atoms. The Labute approximate surface area is 141 Å². The Hall–Kier alpha value is -2.34. The summed E-state index contributed by atoms with van der Waals surface area (Å²) in [6.07, 6.45) is 4.95. The van der Waals surface area contributed by atoms with Gasteiger partial charge in [0.05, 0.1) is 11.2 Å². The third-order valence-electron chi connectivity index (χ3n) is 4.83. The van der Waals surface area contributed by atoms with Crippen molar-refractivity contribution < 1.29 is 19.4 Å². The van der Waals surface area contributed by atoms with Crippen LogP contribution in [0.25, 0.3) is 0 Å². The molecular weight excluding hydrogens is 308 g/mol. The minimum absolute atomic E-state index is 0.0569. The van der Waals surface area contributed by atoms with Crippen molar-refractivity contribution >= 4 is 17.5 Å². The third-order valence-corrected chi connectivity index (χ3v) is 4.83. The van der Waals surface area contributed by atoms with E-state index in [0.29, 0.717) is 18.8 Å². The topological polar surface area (TPSA) is 78.9 Å². The van der Waals surface area contributed by atoms with Crippen LogP contribution in [0.5, 0.6) is 5.75 Å². The number of benzene rings is 1. The van der Waals surface area contributed by atoms with Gasteiger partial charge in [0.1, 0.15) is 5.75 Å². The maximum absolute atomic E-state index is 12.7. The van der Waals surface area contributed by atoms with Crippen LogP contribution in [0.2, 0.25) is 0 Å². The molecule has 2 amide bonds. The number of anilines is 1. The van der Waals surface area contributed by atoms with Crippen LogP contribution in [-0.4, -0.2) is 47.1 Å². The Kier molecular flexibility index (Phi) is 4.57. The molecule has 2 saturated heterocycles. The maximum atomic E-state index is 12.7. The molecule has 6 heteroatoms. The average Bonchev–Trinajstić information content (AvgIpc) is 3.04. The fourth-order valence-corrected chi connectivity index (χ4v) is 3.42. The lowest BCUT2D eigenvalue weighted by molar-refractivity contribution is -0.111. The maximum Gasteiger partial charge on any atom is 0.257 e. The minimum Gasteiger partial charge on any atom is -0.507 e. The second kappa shape index (κ2) is 6.65. The number of aromatic hydroxyl groups is 1. The third kappa shape index (κ3) is 3.28. The molecule has 2 fully saturated rings. The van der Waals surface area contributed by atoms with Crippen molar-refractivity contribution in [1.29, 1.82) is 0 Å². The Balaban J connectivity index is 1.71. The first-order chi connectivity index (χ1) is 11.5. The lowest BCUT2D eigenvalue weighted by Gasteiger charge is -2.38. The first-order valence-corrected chi connectivity index (χ1v) is 8.23. The van der Waals surface area contributed by atoms with E-state index in [-0.39, 0.29) is 28.7 Å². The molecule has 2 N–H and O–H groups in total. The van der Waals surface area contributed by atoms with E-state index in [4.69, 9.17) is 4.74 Å². The van der Waals surface area contributed by atoms with Gasteiger partial charge in [-0.25, -0.2) is 0 Å². The lowest BCUT2D eigenvalue weighted by Crippen LogP contribution is -2.46. The number of ether oxygens (including phenoxy) is 1. The zero-order chi connectivity index (χ0) is 17.2. The predicted octanol–water partition coefficient (Wildman–Crippen LogP) is 2.30. The molecule has 1 aromatic rings. The lowest BCUT2D eigenvalue weighted by atomic mass is 9.88. The Morgan fingerprint density at radius 2 is 2.04 bits per heavy atom. The summed E-state index contributed by atoms with van der Waals surface area (Å²) in [5, 5.41) is 12.6. The summed E-state index contributed by atoms with van der Waals surface area (Å²) >= 11 is 0. The summed E-state index contributed by atoms with van der Waals surface area (Å²) in [5.74, 6) is -0.679. The number of hydrogen-bond acceptors (Lipinski definition) is 4. The molecule has 2 aliphatic heterocycles. The van der Waals surface area contributed by atoms with Crippen LogP contribution in [0.3, 0.4) is 0 Å². The molecule has 24 heavy (non-hydrogen) atoms. The second-order valence-corrected chi connectivity index (χ2v) is 6.35. The highest BCUT2D eigenvalue weighted by atomic mass is 16.5. The summed E-state index contributed by atoms with van der Waals surface area (Å²) < 4.78 is 5.87. The fraction of sp³-hybridized carbons (Fsp3) is 0.444. The van der Waals surface area contributed by atoms with Crippen LogP contribution < -0.4 is 5.32 Å². The number of nitrogens with zero attached hydrogens (tertiary/aromatic N) is 1. The van der Waals surface area contributed by atoms with Gasteiger partial charge in [-0.15, -0.1) is 0 Å². The largest absolute Gasteiger partial charge is 0.507 e.